The van der Waals surface area contributed by atoms with E-state index in [1.165, 1.54) is 17.8 Å². The van der Waals surface area contributed by atoms with Crippen molar-refractivity contribution in [3.63, 3.8) is 0 Å². The lowest BCUT2D eigenvalue weighted by Crippen LogP contribution is -2.04. The van der Waals surface area contributed by atoms with Gasteiger partial charge in [0, 0.05) is 10.2 Å². The van der Waals surface area contributed by atoms with Gasteiger partial charge in [-0.15, -0.1) is 11.8 Å². The summed E-state index contributed by atoms with van der Waals surface area (Å²) in [5.41, 5.74) is -0.702. The molecule has 6 heteroatoms. The van der Waals surface area contributed by atoms with Crippen LogP contribution in [0.25, 0.3) is 0 Å². The summed E-state index contributed by atoms with van der Waals surface area (Å²) in [6.45, 7) is 0. The number of thioether (sulfide) groups is 1. The Bertz CT molecular complexity index is 368. The Labute approximate surface area is 116 Å². The smallest absolute Gasteiger partial charge is 0.166 e. The summed E-state index contributed by atoms with van der Waals surface area (Å²) in [5, 5.41) is 1.11. The molecule has 0 spiro atoms. The van der Waals surface area contributed by atoms with Crippen LogP contribution >= 0.6 is 39.3 Å². The highest BCUT2D eigenvalue weighted by Gasteiger charge is 2.30. The molecule has 0 N–H and O–H groups in total. The second kappa shape index (κ2) is 6.90. The molecule has 0 saturated carbocycles. The SMILES string of the molecule is FC(F)(F)c1ccc(SCCCCBr)c(Cl)c1. The zero-order valence-electron chi connectivity index (χ0n) is 8.86. The molecule has 0 aliphatic heterocycles. The summed E-state index contributed by atoms with van der Waals surface area (Å²) in [6, 6.07) is 3.48. The van der Waals surface area contributed by atoms with E-state index in [1.54, 1.807) is 0 Å². The largest absolute Gasteiger partial charge is 0.416 e. The van der Waals surface area contributed by atoms with E-state index >= 15 is 0 Å². The van der Waals surface area contributed by atoms with Crippen LogP contribution in [0.4, 0.5) is 13.2 Å². The highest BCUT2D eigenvalue weighted by Crippen LogP contribution is 2.35. The van der Waals surface area contributed by atoms with E-state index in [9.17, 15) is 13.2 Å². The van der Waals surface area contributed by atoms with Crippen LogP contribution in [-0.2, 0) is 6.18 Å². The molecule has 0 atom stereocenters. The third-order valence-electron chi connectivity index (χ3n) is 2.04. The lowest BCUT2D eigenvalue weighted by molar-refractivity contribution is -0.137. The normalized spacial score (nSPS) is 11.8. The first kappa shape index (κ1) is 15.2. The zero-order chi connectivity index (χ0) is 12.9. The average Bonchev–Trinajstić information content (AvgIpc) is 2.24. The molecule has 96 valence electrons. The zero-order valence-corrected chi connectivity index (χ0v) is 12.0. The quantitative estimate of drug-likeness (QED) is 0.378. The van der Waals surface area contributed by atoms with Crippen molar-refractivity contribution < 1.29 is 13.2 Å². The van der Waals surface area contributed by atoms with Gasteiger partial charge >= 0.3 is 6.18 Å². The van der Waals surface area contributed by atoms with Crippen molar-refractivity contribution in [1.29, 1.82) is 0 Å². The van der Waals surface area contributed by atoms with Crippen molar-refractivity contribution in [3.8, 4) is 0 Å². The second-order valence-electron chi connectivity index (χ2n) is 3.39. The fourth-order valence-corrected chi connectivity index (χ4v) is 2.84. The fourth-order valence-electron chi connectivity index (χ4n) is 1.17. The van der Waals surface area contributed by atoms with E-state index in [-0.39, 0.29) is 5.02 Å². The first-order valence-electron chi connectivity index (χ1n) is 5.00. The van der Waals surface area contributed by atoms with Gasteiger partial charge in [-0.3, -0.25) is 0 Å². The number of unbranched alkanes of at least 4 members (excludes halogenated alkanes) is 1. The molecule has 0 saturated heterocycles. The summed E-state index contributed by atoms with van der Waals surface area (Å²) < 4.78 is 37.1. The minimum Gasteiger partial charge on any atom is -0.166 e. The monoisotopic (exact) mass is 346 g/mol. The van der Waals surface area contributed by atoms with Gasteiger partial charge in [0.15, 0.2) is 0 Å². The van der Waals surface area contributed by atoms with Crippen molar-refractivity contribution in [3.05, 3.63) is 28.8 Å². The maximum absolute atomic E-state index is 12.4. The van der Waals surface area contributed by atoms with Crippen LogP contribution < -0.4 is 0 Å². The van der Waals surface area contributed by atoms with E-state index in [0.717, 1.165) is 36.1 Å². The first-order valence-corrected chi connectivity index (χ1v) is 7.49. The van der Waals surface area contributed by atoms with Gasteiger partial charge in [-0.1, -0.05) is 27.5 Å². The van der Waals surface area contributed by atoms with Crippen molar-refractivity contribution >= 4 is 39.3 Å². The topological polar surface area (TPSA) is 0 Å². The van der Waals surface area contributed by atoms with Crippen LogP contribution in [0.1, 0.15) is 18.4 Å². The molecule has 0 aliphatic carbocycles. The van der Waals surface area contributed by atoms with E-state index in [0.29, 0.717) is 4.90 Å². The Morgan fingerprint density at radius 3 is 2.47 bits per heavy atom. The van der Waals surface area contributed by atoms with Gasteiger partial charge in [0.1, 0.15) is 0 Å². The number of alkyl halides is 4. The van der Waals surface area contributed by atoms with E-state index in [2.05, 4.69) is 15.9 Å². The van der Waals surface area contributed by atoms with Crippen molar-refractivity contribution in [2.24, 2.45) is 0 Å². The highest BCUT2D eigenvalue weighted by atomic mass is 79.9. The molecule has 0 aromatic heterocycles. The van der Waals surface area contributed by atoms with Crippen molar-refractivity contribution in [1.82, 2.24) is 0 Å². The van der Waals surface area contributed by atoms with Crippen molar-refractivity contribution in [2.45, 2.75) is 23.9 Å². The third kappa shape index (κ3) is 5.10. The number of hydrogen-bond donors (Lipinski definition) is 0. The maximum Gasteiger partial charge on any atom is 0.416 e. The summed E-state index contributed by atoms with van der Waals surface area (Å²) >= 11 is 10.6. The molecule has 0 bridgehead atoms. The summed E-state index contributed by atoms with van der Waals surface area (Å²) in [7, 11) is 0. The van der Waals surface area contributed by atoms with Gasteiger partial charge in [0.2, 0.25) is 0 Å². The van der Waals surface area contributed by atoms with Gasteiger partial charge in [-0.05, 0) is 36.8 Å². The summed E-state index contributed by atoms with van der Waals surface area (Å²) in [5.74, 6) is 0.858. The van der Waals surface area contributed by atoms with E-state index in [4.69, 9.17) is 11.6 Å². The lowest BCUT2D eigenvalue weighted by atomic mass is 10.2. The molecule has 0 nitrogen and oxygen atoms in total. The molecule has 1 aromatic rings. The Morgan fingerprint density at radius 1 is 1.24 bits per heavy atom. The molecule has 1 rings (SSSR count). The molecule has 0 aliphatic rings. The lowest BCUT2D eigenvalue weighted by Gasteiger charge is -2.09. The minimum absolute atomic E-state index is 0.170. The second-order valence-corrected chi connectivity index (χ2v) is 5.72. The molecular weight excluding hydrogens is 337 g/mol. The highest BCUT2D eigenvalue weighted by molar-refractivity contribution is 9.09. The van der Waals surface area contributed by atoms with Crippen LogP contribution in [0.5, 0.6) is 0 Å². The standard InChI is InChI=1S/C11H11BrClF3S/c12-5-1-2-6-17-10-4-3-8(7-9(10)13)11(14,15)16/h3-4,7H,1-2,5-6H2. The molecule has 0 amide bonds. The minimum atomic E-state index is -4.33. The van der Waals surface area contributed by atoms with Crippen LogP contribution in [0.3, 0.4) is 0 Å². The predicted molar refractivity (Wildman–Crippen MR) is 70.2 cm³/mol. The summed E-state index contributed by atoms with van der Waals surface area (Å²) in [4.78, 5) is 0.703. The summed E-state index contributed by atoms with van der Waals surface area (Å²) in [6.07, 6.45) is -2.28. The molecule has 0 unspecified atom stereocenters. The first-order chi connectivity index (χ1) is 7.95. The molecule has 0 fully saturated rings. The number of rotatable bonds is 5. The molecule has 0 radical (unpaired) electrons. The fraction of sp³-hybridized carbons (Fsp3) is 0.455. The Hall–Kier alpha value is 0.130. The molecule has 1 aromatic carbocycles. The van der Waals surface area contributed by atoms with Crippen LogP contribution in [0, 0.1) is 0 Å². The van der Waals surface area contributed by atoms with Gasteiger partial charge in [-0.2, -0.15) is 13.2 Å². The van der Waals surface area contributed by atoms with Crippen LogP contribution in [0.15, 0.2) is 23.1 Å². The molecule has 0 heterocycles. The number of benzene rings is 1. The van der Waals surface area contributed by atoms with Crippen molar-refractivity contribution in [2.75, 3.05) is 11.1 Å². The van der Waals surface area contributed by atoms with Gasteiger partial charge < -0.3 is 0 Å². The number of hydrogen-bond acceptors (Lipinski definition) is 1. The predicted octanol–water partition coefficient (Wildman–Crippen LogP) is 5.63. The number of halogens is 5. The maximum atomic E-state index is 12.4. The van der Waals surface area contributed by atoms with Crippen LogP contribution in [-0.4, -0.2) is 11.1 Å². The Morgan fingerprint density at radius 2 is 1.94 bits per heavy atom. The van der Waals surface area contributed by atoms with Gasteiger partial charge in [-0.25, -0.2) is 0 Å². The Kier molecular flexibility index (Phi) is 6.17. The third-order valence-corrected chi connectivity index (χ3v) is 4.19. The molecular formula is C11H11BrClF3S. The Balaban J connectivity index is 2.64. The van der Waals surface area contributed by atoms with Gasteiger partial charge in [0.25, 0.3) is 0 Å². The van der Waals surface area contributed by atoms with E-state index < -0.39 is 11.7 Å². The van der Waals surface area contributed by atoms with E-state index in [1.807, 2.05) is 0 Å². The van der Waals surface area contributed by atoms with Crippen LogP contribution in [0.2, 0.25) is 5.02 Å². The average molecular weight is 348 g/mol. The molecule has 17 heavy (non-hydrogen) atoms. The van der Waals surface area contributed by atoms with Gasteiger partial charge in [0.05, 0.1) is 10.6 Å².